The lowest BCUT2D eigenvalue weighted by Crippen LogP contribution is -2.47. The lowest BCUT2D eigenvalue weighted by atomic mass is 10.1. The van der Waals surface area contributed by atoms with Crippen LogP contribution in [-0.2, 0) is 16.0 Å². The molecule has 2 aromatic rings. The highest BCUT2D eigenvalue weighted by Crippen LogP contribution is 2.20. The standard InChI is InChI=1S/C19H20N2O3S/c1-14(15-8-4-2-5-9-15)20-18(22)17-12-25(24)13-21(17)19(23)16-10-6-3-7-11-16/h2-11,14,17H,12-13H2,1H3,(H,20,22)/t14-,17+,25?/m1/s1. The molecule has 5 nitrogen and oxygen atoms in total. The summed E-state index contributed by atoms with van der Waals surface area (Å²) in [5, 5.41) is 2.93. The zero-order valence-corrected chi connectivity index (χ0v) is 14.7. The van der Waals surface area contributed by atoms with E-state index in [2.05, 4.69) is 5.32 Å². The van der Waals surface area contributed by atoms with Gasteiger partial charge in [-0.1, -0.05) is 48.5 Å². The summed E-state index contributed by atoms with van der Waals surface area (Å²) in [4.78, 5) is 26.8. The lowest BCUT2D eigenvalue weighted by Gasteiger charge is -2.22. The molecule has 3 atom stereocenters. The van der Waals surface area contributed by atoms with E-state index in [0.717, 1.165) is 5.56 Å². The number of carbonyl (C=O) groups excluding carboxylic acids is 2. The van der Waals surface area contributed by atoms with Crippen LogP contribution < -0.4 is 5.32 Å². The number of carbonyl (C=O) groups is 2. The van der Waals surface area contributed by atoms with Gasteiger partial charge in [0.25, 0.3) is 5.91 Å². The van der Waals surface area contributed by atoms with Crippen LogP contribution in [0.15, 0.2) is 60.7 Å². The first-order valence-corrected chi connectivity index (χ1v) is 9.61. The van der Waals surface area contributed by atoms with Crippen molar-refractivity contribution in [3.63, 3.8) is 0 Å². The first-order valence-electron chi connectivity index (χ1n) is 8.12. The van der Waals surface area contributed by atoms with Crippen LogP contribution in [0.2, 0.25) is 0 Å². The Labute approximate surface area is 150 Å². The summed E-state index contributed by atoms with van der Waals surface area (Å²) in [7, 11) is 0. The molecule has 1 saturated heterocycles. The van der Waals surface area contributed by atoms with Crippen molar-refractivity contribution in [2.45, 2.75) is 19.0 Å². The number of hydrogen-bond acceptors (Lipinski definition) is 3. The monoisotopic (exact) mass is 356 g/mol. The molecule has 0 saturated carbocycles. The second kappa shape index (κ2) is 7.72. The molecule has 130 valence electrons. The fourth-order valence-electron chi connectivity index (χ4n) is 2.86. The van der Waals surface area contributed by atoms with Gasteiger partial charge in [0.15, 0.2) is 11.9 Å². The van der Waals surface area contributed by atoms with E-state index in [1.807, 2.05) is 43.3 Å². The Morgan fingerprint density at radius 2 is 1.72 bits per heavy atom. The topological polar surface area (TPSA) is 72.5 Å². The van der Waals surface area contributed by atoms with Gasteiger partial charge in [0, 0.05) is 5.56 Å². The molecule has 0 radical (unpaired) electrons. The number of benzene rings is 2. The number of hydrogen-bond donors (Lipinski definition) is 1. The van der Waals surface area contributed by atoms with E-state index >= 15 is 0 Å². The van der Waals surface area contributed by atoms with Gasteiger partial charge in [-0.3, -0.25) is 14.5 Å². The van der Waals surface area contributed by atoms with Crippen molar-refractivity contribution in [1.82, 2.24) is 10.2 Å². The summed E-state index contributed by atoms with van der Waals surface area (Å²) in [6.07, 6.45) is 0. The van der Waals surface area contributed by atoms with Crippen LogP contribution >= 0.6 is 0 Å². The highest BCUT2D eigenvalue weighted by molar-refractivity contribution is 7.91. The predicted molar refractivity (Wildman–Crippen MR) is 97.3 cm³/mol. The predicted octanol–water partition coefficient (Wildman–Crippen LogP) is 2.09. The fraction of sp³-hybridized carbons (Fsp3) is 0.263. The summed E-state index contributed by atoms with van der Waals surface area (Å²) in [6, 6.07) is 17.5. The number of amides is 2. The highest BCUT2D eigenvalue weighted by Gasteiger charge is 2.42. The van der Waals surface area contributed by atoms with Gasteiger partial charge in [0.05, 0.1) is 6.04 Å². The summed E-state index contributed by atoms with van der Waals surface area (Å²) in [5.74, 6) is -0.275. The van der Waals surface area contributed by atoms with Crippen molar-refractivity contribution in [3.05, 3.63) is 71.8 Å². The zero-order chi connectivity index (χ0) is 17.8. The summed E-state index contributed by atoms with van der Waals surface area (Å²) in [5.41, 5.74) is 1.48. The van der Waals surface area contributed by atoms with Crippen LogP contribution in [0.1, 0.15) is 28.9 Å². The van der Waals surface area contributed by atoms with Crippen molar-refractivity contribution in [3.8, 4) is 0 Å². The van der Waals surface area contributed by atoms with E-state index in [1.54, 1.807) is 24.3 Å². The highest BCUT2D eigenvalue weighted by atomic mass is 32.2. The van der Waals surface area contributed by atoms with E-state index in [9.17, 15) is 14.1 Å². The molecule has 0 bridgehead atoms. The number of rotatable bonds is 4. The molecule has 1 unspecified atom stereocenters. The zero-order valence-electron chi connectivity index (χ0n) is 13.9. The third kappa shape index (κ3) is 4.03. The molecule has 0 spiro atoms. The van der Waals surface area contributed by atoms with Crippen LogP contribution in [-0.4, -0.2) is 38.9 Å². The maximum atomic E-state index is 12.7. The SMILES string of the molecule is C[C@@H](NC(=O)[C@@H]1C[S+]([O-])CN1C(=O)c1ccccc1)c1ccccc1. The van der Waals surface area contributed by atoms with Gasteiger partial charge in [-0.2, -0.15) is 0 Å². The van der Waals surface area contributed by atoms with Gasteiger partial charge >= 0.3 is 0 Å². The molecule has 1 aliphatic heterocycles. The van der Waals surface area contributed by atoms with Crippen LogP contribution in [0.3, 0.4) is 0 Å². The van der Waals surface area contributed by atoms with E-state index in [4.69, 9.17) is 0 Å². The maximum absolute atomic E-state index is 12.7. The Morgan fingerprint density at radius 1 is 1.12 bits per heavy atom. The van der Waals surface area contributed by atoms with Gasteiger partial charge in [-0.05, 0) is 35.8 Å². The molecule has 1 N–H and O–H groups in total. The fourth-order valence-corrected chi connectivity index (χ4v) is 4.26. The summed E-state index contributed by atoms with van der Waals surface area (Å²) < 4.78 is 12.0. The first-order chi connectivity index (χ1) is 12.1. The molecule has 2 aromatic carbocycles. The Bertz CT molecular complexity index is 739. The largest absolute Gasteiger partial charge is 0.615 e. The molecular formula is C19H20N2O3S. The quantitative estimate of drug-likeness (QED) is 0.853. The van der Waals surface area contributed by atoms with Gasteiger partial charge in [0.2, 0.25) is 5.91 Å². The number of nitrogens with zero attached hydrogens (tertiary/aromatic N) is 1. The smallest absolute Gasteiger partial charge is 0.258 e. The van der Waals surface area contributed by atoms with Gasteiger partial charge in [-0.15, -0.1) is 0 Å². The molecule has 6 heteroatoms. The molecule has 3 rings (SSSR count). The Morgan fingerprint density at radius 3 is 2.36 bits per heavy atom. The van der Waals surface area contributed by atoms with Gasteiger partial charge in [0.1, 0.15) is 5.75 Å². The molecule has 1 heterocycles. The first kappa shape index (κ1) is 17.5. The van der Waals surface area contributed by atoms with Crippen molar-refractivity contribution in [2.24, 2.45) is 0 Å². The molecular weight excluding hydrogens is 336 g/mol. The van der Waals surface area contributed by atoms with E-state index < -0.39 is 17.2 Å². The van der Waals surface area contributed by atoms with Crippen LogP contribution in [0, 0.1) is 0 Å². The minimum Gasteiger partial charge on any atom is -0.615 e. The average Bonchev–Trinajstić information content (AvgIpc) is 3.04. The van der Waals surface area contributed by atoms with Crippen molar-refractivity contribution in [1.29, 1.82) is 0 Å². The second-order valence-corrected chi connectivity index (χ2v) is 7.50. The molecule has 2 amide bonds. The molecule has 0 aliphatic carbocycles. The average molecular weight is 356 g/mol. The lowest BCUT2D eigenvalue weighted by molar-refractivity contribution is -0.125. The third-order valence-corrected chi connectivity index (χ3v) is 5.50. The van der Waals surface area contributed by atoms with Crippen molar-refractivity contribution >= 4 is 23.0 Å². The van der Waals surface area contributed by atoms with Gasteiger partial charge < -0.3 is 9.87 Å². The minimum absolute atomic E-state index is 0.0888. The van der Waals surface area contributed by atoms with Crippen molar-refractivity contribution < 1.29 is 14.1 Å². The maximum Gasteiger partial charge on any atom is 0.258 e. The summed E-state index contributed by atoms with van der Waals surface area (Å²) in [6.45, 7) is 1.89. The molecule has 1 fully saturated rings. The van der Waals surface area contributed by atoms with E-state index in [-0.39, 0.29) is 29.5 Å². The Hall–Kier alpha value is -2.31. The minimum atomic E-state index is -1.21. The molecule has 1 aliphatic rings. The number of nitrogens with one attached hydrogen (secondary N) is 1. The second-order valence-electron chi connectivity index (χ2n) is 6.03. The van der Waals surface area contributed by atoms with E-state index in [0.29, 0.717) is 5.56 Å². The van der Waals surface area contributed by atoms with Crippen molar-refractivity contribution in [2.75, 3.05) is 11.6 Å². The Kier molecular flexibility index (Phi) is 5.40. The Balaban J connectivity index is 1.73. The van der Waals surface area contributed by atoms with Gasteiger partial charge in [-0.25, -0.2) is 0 Å². The third-order valence-electron chi connectivity index (χ3n) is 4.25. The molecule has 0 aromatic heterocycles. The normalized spacial score (nSPS) is 21.0. The van der Waals surface area contributed by atoms with E-state index in [1.165, 1.54) is 4.90 Å². The summed E-state index contributed by atoms with van der Waals surface area (Å²) >= 11 is -1.21. The van der Waals surface area contributed by atoms with Crippen LogP contribution in [0.25, 0.3) is 0 Å². The van der Waals surface area contributed by atoms with Crippen LogP contribution in [0.4, 0.5) is 0 Å². The molecule has 25 heavy (non-hydrogen) atoms. The van der Waals surface area contributed by atoms with Crippen LogP contribution in [0.5, 0.6) is 0 Å².